The highest BCUT2D eigenvalue weighted by molar-refractivity contribution is 7.99. The van der Waals surface area contributed by atoms with Gasteiger partial charge in [0.15, 0.2) is 5.16 Å². The number of β-amino-alcohol motifs (C(OH)–C–C–N with tert-alkyl or cyclic N) is 1. The Balaban J connectivity index is 1.73. The summed E-state index contributed by atoms with van der Waals surface area (Å²) in [6.45, 7) is 12.1. The third-order valence-corrected chi connectivity index (χ3v) is 8.22. The molecule has 4 rings (SSSR count). The normalized spacial score (nSPS) is 23.0. The van der Waals surface area contributed by atoms with Gasteiger partial charge in [-0.3, -0.25) is 4.90 Å². The van der Waals surface area contributed by atoms with E-state index in [0.717, 1.165) is 73.5 Å². The van der Waals surface area contributed by atoms with E-state index in [0.29, 0.717) is 6.61 Å². The Bertz CT molecular complexity index is 851. The van der Waals surface area contributed by atoms with E-state index in [1.165, 1.54) is 15.8 Å². The summed E-state index contributed by atoms with van der Waals surface area (Å²) in [6.07, 6.45) is 3.05. The first-order valence-electron chi connectivity index (χ1n) is 10.7. The predicted molar refractivity (Wildman–Crippen MR) is 121 cm³/mol. The summed E-state index contributed by atoms with van der Waals surface area (Å²) in [7, 11) is 0. The Kier molecular flexibility index (Phi) is 6.65. The predicted octanol–water partition coefficient (Wildman–Crippen LogP) is 3.55. The molecule has 6 nitrogen and oxygen atoms in total. The third kappa shape index (κ3) is 4.42. The molecule has 160 valence electrons. The van der Waals surface area contributed by atoms with Crippen molar-refractivity contribution in [3.63, 3.8) is 0 Å². The second-order valence-corrected chi connectivity index (χ2v) is 10.3. The summed E-state index contributed by atoms with van der Waals surface area (Å²) in [5.74, 6) is 2.15. The lowest BCUT2D eigenvalue weighted by molar-refractivity contribution is -0.0543. The summed E-state index contributed by atoms with van der Waals surface area (Å²) < 4.78 is 6.21. The number of nitrogens with zero attached hydrogens (tertiary/aromatic N) is 4. The number of fused-ring (bicyclic) bond motifs is 3. The zero-order valence-corrected chi connectivity index (χ0v) is 19.4. The Morgan fingerprint density at radius 1 is 1.21 bits per heavy atom. The fraction of sp³-hybridized carbons (Fsp3) is 0.714. The van der Waals surface area contributed by atoms with Crippen molar-refractivity contribution in [1.82, 2.24) is 14.9 Å². The lowest BCUT2D eigenvalue weighted by Crippen LogP contribution is -2.47. The summed E-state index contributed by atoms with van der Waals surface area (Å²) in [6, 6.07) is 0. The highest BCUT2D eigenvalue weighted by Crippen LogP contribution is 2.43. The zero-order valence-electron chi connectivity index (χ0n) is 17.7. The van der Waals surface area contributed by atoms with Crippen LogP contribution >= 0.6 is 23.1 Å². The van der Waals surface area contributed by atoms with Crippen molar-refractivity contribution >= 4 is 39.1 Å². The summed E-state index contributed by atoms with van der Waals surface area (Å²) in [4.78, 5) is 17.2. The van der Waals surface area contributed by atoms with E-state index in [2.05, 4.69) is 30.6 Å². The van der Waals surface area contributed by atoms with Crippen LogP contribution in [0.2, 0.25) is 0 Å². The van der Waals surface area contributed by atoms with E-state index in [1.807, 2.05) is 0 Å². The number of anilines is 1. The number of aromatic nitrogens is 2. The Morgan fingerprint density at radius 3 is 2.69 bits per heavy atom. The molecular weight excluding hydrogens is 404 g/mol. The van der Waals surface area contributed by atoms with Crippen molar-refractivity contribution in [2.45, 2.75) is 57.4 Å². The van der Waals surface area contributed by atoms with Gasteiger partial charge in [-0.25, -0.2) is 9.97 Å². The fourth-order valence-corrected chi connectivity index (χ4v) is 5.92. The van der Waals surface area contributed by atoms with E-state index < -0.39 is 0 Å². The van der Waals surface area contributed by atoms with Crippen LogP contribution in [0.25, 0.3) is 10.2 Å². The number of rotatable bonds is 7. The molecule has 2 aliphatic heterocycles. The van der Waals surface area contributed by atoms with Gasteiger partial charge in [0.1, 0.15) is 10.6 Å². The maximum atomic E-state index is 9.25. The molecule has 2 aliphatic rings. The molecule has 4 heterocycles. The average Bonchev–Trinajstić information content (AvgIpc) is 3.10. The summed E-state index contributed by atoms with van der Waals surface area (Å²) in [5, 5.41) is 11.4. The average molecular weight is 437 g/mol. The lowest BCUT2D eigenvalue weighted by Gasteiger charge is -2.36. The molecule has 2 aromatic heterocycles. The van der Waals surface area contributed by atoms with Crippen LogP contribution in [0.1, 0.15) is 44.1 Å². The number of aliphatic hydroxyl groups excluding tert-OH is 1. The van der Waals surface area contributed by atoms with Crippen molar-refractivity contribution in [1.29, 1.82) is 0 Å². The first kappa shape index (κ1) is 21.3. The van der Waals surface area contributed by atoms with Crippen LogP contribution in [-0.2, 0) is 17.8 Å². The molecule has 0 aromatic carbocycles. The smallest absolute Gasteiger partial charge is 0.190 e. The Hall–Kier alpha value is -0.930. The van der Waals surface area contributed by atoms with Gasteiger partial charge in [-0.05, 0) is 25.3 Å². The number of ether oxygens (including phenoxy) is 1. The van der Waals surface area contributed by atoms with Gasteiger partial charge in [0.2, 0.25) is 0 Å². The topological polar surface area (TPSA) is 61.7 Å². The van der Waals surface area contributed by atoms with Crippen molar-refractivity contribution in [2.24, 2.45) is 0 Å². The van der Waals surface area contributed by atoms with Crippen LogP contribution in [0, 0.1) is 0 Å². The molecule has 0 bridgehead atoms. The van der Waals surface area contributed by atoms with Crippen LogP contribution in [0.5, 0.6) is 0 Å². The number of thioether (sulfide) groups is 1. The molecule has 2 aromatic rings. The molecule has 1 N–H and O–H groups in total. The summed E-state index contributed by atoms with van der Waals surface area (Å²) >= 11 is 3.54. The molecule has 0 unspecified atom stereocenters. The maximum absolute atomic E-state index is 9.25. The number of hydrogen-bond donors (Lipinski definition) is 1. The van der Waals surface area contributed by atoms with Gasteiger partial charge >= 0.3 is 0 Å². The van der Waals surface area contributed by atoms with E-state index in [1.54, 1.807) is 23.1 Å². The molecular formula is C21H32N4O2S2. The van der Waals surface area contributed by atoms with Gasteiger partial charge in [-0.15, -0.1) is 11.3 Å². The molecule has 1 saturated heterocycles. The van der Waals surface area contributed by atoms with Crippen molar-refractivity contribution in [2.75, 3.05) is 50.0 Å². The Labute approximate surface area is 181 Å². The molecule has 0 radical (unpaired) electrons. The van der Waals surface area contributed by atoms with Gasteiger partial charge < -0.3 is 14.7 Å². The molecule has 29 heavy (non-hydrogen) atoms. The number of aliphatic hydroxyl groups is 1. The highest BCUT2D eigenvalue weighted by atomic mass is 32.2. The van der Waals surface area contributed by atoms with Crippen LogP contribution in [0.15, 0.2) is 5.16 Å². The van der Waals surface area contributed by atoms with Gasteiger partial charge in [0.05, 0.1) is 24.2 Å². The number of hydrogen-bond acceptors (Lipinski definition) is 8. The number of thiophene rings is 1. The van der Waals surface area contributed by atoms with Crippen LogP contribution in [-0.4, -0.2) is 70.7 Å². The SMILES string of the molecule is CCCSc1nc(N2CCN(CCO)CC2)c2c3c(sc2n1)CO[C@](C)(CC)C3. The molecule has 0 amide bonds. The second kappa shape index (κ2) is 9.06. The maximum Gasteiger partial charge on any atom is 0.190 e. The minimum Gasteiger partial charge on any atom is -0.395 e. The molecule has 1 atom stereocenters. The van der Waals surface area contributed by atoms with Crippen LogP contribution < -0.4 is 4.90 Å². The van der Waals surface area contributed by atoms with Crippen LogP contribution in [0.3, 0.4) is 0 Å². The van der Waals surface area contributed by atoms with E-state index in [9.17, 15) is 5.11 Å². The quantitative estimate of drug-likeness (QED) is 0.526. The molecule has 0 saturated carbocycles. The van der Waals surface area contributed by atoms with Gasteiger partial charge in [-0.1, -0.05) is 25.6 Å². The van der Waals surface area contributed by atoms with E-state index in [4.69, 9.17) is 14.7 Å². The Morgan fingerprint density at radius 2 is 2.00 bits per heavy atom. The minimum absolute atomic E-state index is 0.103. The van der Waals surface area contributed by atoms with E-state index >= 15 is 0 Å². The van der Waals surface area contributed by atoms with Crippen molar-refractivity contribution in [3.05, 3.63) is 10.4 Å². The largest absolute Gasteiger partial charge is 0.395 e. The minimum atomic E-state index is -0.103. The standard InChI is InChI=1S/C21H32N4O2S2/c1-4-12-28-20-22-18(25-8-6-24(7-9-25)10-11-26)17-15-13-21(3,5-2)27-14-16(15)29-19(17)23-20/h26H,4-14H2,1-3H3/t21-/m1/s1. The molecule has 0 spiro atoms. The third-order valence-electron chi connectivity index (χ3n) is 6.07. The number of piperazine rings is 1. The van der Waals surface area contributed by atoms with Crippen molar-refractivity contribution < 1.29 is 9.84 Å². The second-order valence-electron chi connectivity index (χ2n) is 8.18. The highest BCUT2D eigenvalue weighted by Gasteiger charge is 2.34. The van der Waals surface area contributed by atoms with Gasteiger partial charge in [-0.2, -0.15) is 0 Å². The lowest BCUT2D eigenvalue weighted by atomic mass is 9.90. The fourth-order valence-electron chi connectivity index (χ4n) is 4.07. The zero-order chi connectivity index (χ0) is 20.4. The van der Waals surface area contributed by atoms with Gasteiger partial charge in [0.25, 0.3) is 0 Å². The first-order valence-corrected chi connectivity index (χ1v) is 12.5. The molecule has 8 heteroatoms. The first-order chi connectivity index (χ1) is 14.1. The van der Waals surface area contributed by atoms with Crippen LogP contribution in [0.4, 0.5) is 5.82 Å². The molecule has 1 fully saturated rings. The monoisotopic (exact) mass is 436 g/mol. The van der Waals surface area contributed by atoms with Crippen molar-refractivity contribution in [3.8, 4) is 0 Å². The summed E-state index contributed by atoms with van der Waals surface area (Å²) in [5.41, 5.74) is 1.30. The molecule has 0 aliphatic carbocycles. The van der Waals surface area contributed by atoms with E-state index in [-0.39, 0.29) is 12.2 Å². The van der Waals surface area contributed by atoms with Gasteiger partial charge in [0, 0.05) is 49.8 Å².